The van der Waals surface area contributed by atoms with Gasteiger partial charge in [-0.1, -0.05) is 23.8 Å². The molecule has 0 aromatic heterocycles. The van der Waals surface area contributed by atoms with Crippen molar-refractivity contribution in [3.63, 3.8) is 0 Å². The average Bonchev–Trinajstić information content (AvgIpc) is 2.28. The summed E-state index contributed by atoms with van der Waals surface area (Å²) in [4.78, 5) is 2.55. The van der Waals surface area contributed by atoms with Gasteiger partial charge in [-0.2, -0.15) is 0 Å². The zero-order valence-corrected chi connectivity index (χ0v) is 12.1. The number of hydrogen-bond acceptors (Lipinski definition) is 2. The van der Waals surface area contributed by atoms with Crippen LogP contribution < -0.4 is 0 Å². The van der Waals surface area contributed by atoms with Crippen molar-refractivity contribution in [1.29, 1.82) is 0 Å². The molecule has 0 aromatic rings. The lowest BCUT2D eigenvalue weighted by molar-refractivity contribution is -0.0655. The summed E-state index contributed by atoms with van der Waals surface area (Å²) in [5, 5.41) is 0. The van der Waals surface area contributed by atoms with Gasteiger partial charge in [-0.3, -0.25) is 4.90 Å². The molecule has 0 bridgehead atoms. The topological polar surface area (TPSA) is 12.5 Å². The van der Waals surface area contributed by atoms with Crippen molar-refractivity contribution in [2.75, 3.05) is 19.6 Å². The molecule has 0 N–H and O–H groups in total. The lowest BCUT2D eigenvalue weighted by atomic mass is 9.85. The van der Waals surface area contributed by atoms with E-state index in [4.69, 9.17) is 4.74 Å². The number of nitrogens with zero attached hydrogens (tertiary/aromatic N) is 1. The zero-order chi connectivity index (χ0) is 13.1. The highest BCUT2D eigenvalue weighted by atomic mass is 16.5. The third-order valence-corrected chi connectivity index (χ3v) is 4.12. The molecule has 1 heterocycles. The molecule has 2 aliphatic rings. The van der Waals surface area contributed by atoms with Crippen molar-refractivity contribution < 1.29 is 4.74 Å². The van der Waals surface area contributed by atoms with Gasteiger partial charge in [-0.25, -0.2) is 0 Å². The van der Waals surface area contributed by atoms with E-state index in [-0.39, 0.29) is 0 Å². The highest BCUT2D eigenvalue weighted by Crippen LogP contribution is 2.28. The molecule has 0 amide bonds. The Morgan fingerprint density at radius 3 is 2.56 bits per heavy atom. The summed E-state index contributed by atoms with van der Waals surface area (Å²) < 4.78 is 5.78. The molecule has 0 saturated carbocycles. The van der Waals surface area contributed by atoms with Crippen LogP contribution in [0.1, 0.15) is 40.0 Å². The molecule has 0 radical (unpaired) electrons. The van der Waals surface area contributed by atoms with Crippen molar-refractivity contribution in [3.8, 4) is 0 Å². The molecule has 0 unspecified atom stereocenters. The fourth-order valence-corrected chi connectivity index (χ4v) is 3.18. The second kappa shape index (κ2) is 6.03. The Morgan fingerprint density at radius 2 is 2.06 bits per heavy atom. The Labute approximate surface area is 112 Å². The van der Waals surface area contributed by atoms with Gasteiger partial charge in [-0.15, -0.1) is 0 Å². The molecule has 1 aliphatic carbocycles. The van der Waals surface area contributed by atoms with Crippen LogP contribution in [0.25, 0.3) is 0 Å². The van der Waals surface area contributed by atoms with Gasteiger partial charge >= 0.3 is 0 Å². The molecule has 0 spiro atoms. The predicted molar refractivity (Wildman–Crippen MR) is 76.7 cm³/mol. The van der Waals surface area contributed by atoms with Crippen LogP contribution in [-0.4, -0.2) is 36.7 Å². The summed E-state index contributed by atoms with van der Waals surface area (Å²) >= 11 is 0. The van der Waals surface area contributed by atoms with Crippen LogP contribution in [0.4, 0.5) is 0 Å². The predicted octanol–water partition coefficient (Wildman–Crippen LogP) is 3.40. The van der Waals surface area contributed by atoms with Gasteiger partial charge in [-0.05, 0) is 46.0 Å². The molecule has 102 valence electrons. The number of rotatable bonds is 3. The lowest BCUT2D eigenvalue weighted by Gasteiger charge is -2.36. The van der Waals surface area contributed by atoms with E-state index >= 15 is 0 Å². The second-order valence-electron chi connectivity index (χ2n) is 6.13. The largest absolute Gasteiger partial charge is 0.373 e. The molecule has 2 nitrogen and oxygen atoms in total. The maximum atomic E-state index is 5.78. The highest BCUT2D eigenvalue weighted by Gasteiger charge is 2.23. The number of morpholine rings is 1. The maximum absolute atomic E-state index is 5.78. The van der Waals surface area contributed by atoms with E-state index in [1.165, 1.54) is 24.8 Å². The van der Waals surface area contributed by atoms with Crippen LogP contribution in [0.5, 0.6) is 0 Å². The van der Waals surface area contributed by atoms with E-state index in [2.05, 4.69) is 38.3 Å². The number of hydrogen-bond donors (Lipinski definition) is 0. The second-order valence-corrected chi connectivity index (χ2v) is 6.13. The van der Waals surface area contributed by atoms with Crippen LogP contribution in [0.2, 0.25) is 0 Å². The fourth-order valence-electron chi connectivity index (χ4n) is 3.18. The summed E-state index contributed by atoms with van der Waals surface area (Å²) in [7, 11) is 0. The van der Waals surface area contributed by atoms with E-state index < -0.39 is 0 Å². The molecule has 18 heavy (non-hydrogen) atoms. The molecule has 2 rings (SSSR count). The highest BCUT2D eigenvalue weighted by molar-refractivity contribution is 5.13. The van der Waals surface area contributed by atoms with Crippen molar-refractivity contribution in [3.05, 3.63) is 23.8 Å². The monoisotopic (exact) mass is 249 g/mol. The smallest absolute Gasteiger partial charge is 0.0678 e. The first kappa shape index (κ1) is 13.8. The van der Waals surface area contributed by atoms with Gasteiger partial charge < -0.3 is 4.74 Å². The van der Waals surface area contributed by atoms with Crippen LogP contribution in [0.3, 0.4) is 0 Å². The Bertz CT molecular complexity index is 324. The van der Waals surface area contributed by atoms with E-state index in [0.29, 0.717) is 12.2 Å². The van der Waals surface area contributed by atoms with Crippen LogP contribution in [0, 0.1) is 5.92 Å². The number of ether oxygens (including phenoxy) is 1. The normalized spacial score (nSPS) is 34.2. The van der Waals surface area contributed by atoms with E-state index in [1.54, 1.807) is 5.57 Å². The molecule has 3 atom stereocenters. The van der Waals surface area contributed by atoms with Crippen molar-refractivity contribution >= 4 is 0 Å². The Kier molecular flexibility index (Phi) is 4.63. The Morgan fingerprint density at radius 1 is 1.39 bits per heavy atom. The molecule has 1 saturated heterocycles. The first-order valence-electron chi connectivity index (χ1n) is 7.25. The summed E-state index contributed by atoms with van der Waals surface area (Å²) in [5.41, 5.74) is 2.97. The van der Waals surface area contributed by atoms with Gasteiger partial charge in [0, 0.05) is 19.6 Å². The minimum absolute atomic E-state index is 0.376. The van der Waals surface area contributed by atoms with Crippen molar-refractivity contribution in [2.45, 2.75) is 52.2 Å². The third kappa shape index (κ3) is 3.69. The van der Waals surface area contributed by atoms with E-state index in [9.17, 15) is 0 Å². The Balaban J connectivity index is 1.85. The quantitative estimate of drug-likeness (QED) is 0.711. The van der Waals surface area contributed by atoms with Crippen LogP contribution in [-0.2, 0) is 4.74 Å². The molecule has 1 aliphatic heterocycles. The minimum atomic E-state index is 0.376. The first-order valence-corrected chi connectivity index (χ1v) is 7.25. The molecule has 2 heteroatoms. The average molecular weight is 249 g/mol. The SMILES string of the molecule is C=C(C)[C@H]1CC=C(CN2C[C@@H](C)O[C@@H](C)C2)CC1. The molecule has 1 fully saturated rings. The Hall–Kier alpha value is -0.600. The molecular formula is C16H27NO. The summed E-state index contributed by atoms with van der Waals surface area (Å²) in [5.74, 6) is 0.719. The van der Waals surface area contributed by atoms with Gasteiger partial charge in [0.15, 0.2) is 0 Å². The van der Waals surface area contributed by atoms with Gasteiger partial charge in [0.25, 0.3) is 0 Å². The summed E-state index contributed by atoms with van der Waals surface area (Å²) in [6.07, 6.45) is 6.93. The lowest BCUT2D eigenvalue weighted by Crippen LogP contribution is -2.46. The maximum Gasteiger partial charge on any atom is 0.0678 e. The van der Waals surface area contributed by atoms with Crippen LogP contribution >= 0.6 is 0 Å². The van der Waals surface area contributed by atoms with Crippen molar-refractivity contribution in [2.24, 2.45) is 5.92 Å². The fraction of sp³-hybridized carbons (Fsp3) is 0.750. The third-order valence-electron chi connectivity index (χ3n) is 4.12. The van der Waals surface area contributed by atoms with Crippen molar-refractivity contribution in [1.82, 2.24) is 4.90 Å². The minimum Gasteiger partial charge on any atom is -0.373 e. The molecular weight excluding hydrogens is 222 g/mol. The standard InChI is InChI=1S/C16H27NO/c1-12(2)16-7-5-15(6-8-16)11-17-9-13(3)18-14(4)10-17/h5,13-14,16H,1,6-11H2,2-4H3/t13-,14+,16-/m0/s1. The summed E-state index contributed by atoms with van der Waals surface area (Å²) in [6.45, 7) is 13.9. The first-order chi connectivity index (χ1) is 8.54. The summed E-state index contributed by atoms with van der Waals surface area (Å²) in [6, 6.07) is 0. The van der Waals surface area contributed by atoms with Gasteiger partial charge in [0.1, 0.15) is 0 Å². The molecule has 0 aromatic carbocycles. The van der Waals surface area contributed by atoms with Gasteiger partial charge in [0.2, 0.25) is 0 Å². The van der Waals surface area contributed by atoms with E-state index in [1.807, 2.05) is 0 Å². The van der Waals surface area contributed by atoms with Crippen LogP contribution in [0.15, 0.2) is 23.8 Å². The van der Waals surface area contributed by atoms with E-state index in [0.717, 1.165) is 25.6 Å². The van der Waals surface area contributed by atoms with Gasteiger partial charge in [0.05, 0.1) is 12.2 Å². The number of allylic oxidation sites excluding steroid dienone is 2. The zero-order valence-electron chi connectivity index (χ0n) is 12.1.